The largest absolute Gasteiger partial charge is 0.339 e. The van der Waals surface area contributed by atoms with Gasteiger partial charge in [-0.05, 0) is 49.2 Å². The second-order valence-corrected chi connectivity index (χ2v) is 8.25. The predicted molar refractivity (Wildman–Crippen MR) is 128 cm³/mol. The normalized spacial score (nSPS) is 15.1. The van der Waals surface area contributed by atoms with E-state index >= 15 is 0 Å². The van der Waals surface area contributed by atoms with E-state index in [0.29, 0.717) is 5.39 Å². The van der Waals surface area contributed by atoms with Crippen LogP contribution in [0.25, 0.3) is 10.9 Å². The number of nitrogens with zero attached hydrogens (tertiary/aromatic N) is 5. The van der Waals surface area contributed by atoms with Crippen molar-refractivity contribution in [1.82, 2.24) is 19.4 Å². The van der Waals surface area contributed by atoms with Crippen LogP contribution in [0, 0.1) is 0 Å². The van der Waals surface area contributed by atoms with Crippen LogP contribution in [-0.4, -0.2) is 45.6 Å². The molecule has 1 aliphatic heterocycles. The van der Waals surface area contributed by atoms with Gasteiger partial charge in [0.25, 0.3) is 5.56 Å². The van der Waals surface area contributed by atoms with Crippen molar-refractivity contribution in [3.63, 3.8) is 0 Å². The van der Waals surface area contributed by atoms with Crippen LogP contribution >= 0.6 is 0 Å². The summed E-state index contributed by atoms with van der Waals surface area (Å²) in [6.07, 6.45) is 7.36. The number of benzene rings is 2. The molecule has 0 bridgehead atoms. The molecule has 1 saturated heterocycles. The maximum atomic E-state index is 12.9. The monoisotopic (exact) mass is 425 g/mol. The van der Waals surface area contributed by atoms with E-state index in [1.165, 1.54) is 5.69 Å². The summed E-state index contributed by atoms with van der Waals surface area (Å²) < 4.78 is 1.84. The smallest absolute Gasteiger partial charge is 0.261 e. The van der Waals surface area contributed by atoms with E-state index in [1.807, 2.05) is 47.2 Å². The lowest BCUT2D eigenvalue weighted by molar-refractivity contribution is 0.188. The van der Waals surface area contributed by atoms with Crippen LogP contribution in [0.1, 0.15) is 18.9 Å². The number of anilines is 2. The number of likely N-dealkylation sites (tertiary alicyclic amines) is 1. The zero-order valence-electron chi connectivity index (χ0n) is 18.0. The highest BCUT2D eigenvalue weighted by Gasteiger charge is 2.22. The van der Waals surface area contributed by atoms with E-state index in [-0.39, 0.29) is 11.6 Å². The van der Waals surface area contributed by atoms with E-state index in [1.54, 1.807) is 12.5 Å². The fraction of sp³-hybridized carbons (Fsp3) is 0.269. The summed E-state index contributed by atoms with van der Waals surface area (Å²) in [6, 6.07) is 22.3. The summed E-state index contributed by atoms with van der Waals surface area (Å²) in [4.78, 5) is 26.5. The molecule has 1 aliphatic rings. The molecule has 3 heterocycles. The molecule has 0 unspecified atom stereocenters. The Morgan fingerprint density at radius 3 is 2.44 bits per heavy atom. The van der Waals surface area contributed by atoms with Crippen molar-refractivity contribution in [1.29, 1.82) is 0 Å². The Kier molecular flexibility index (Phi) is 5.94. The van der Waals surface area contributed by atoms with Crippen LogP contribution in [0.2, 0.25) is 0 Å². The van der Waals surface area contributed by atoms with Crippen molar-refractivity contribution in [3.05, 3.63) is 95.8 Å². The number of fused-ring (bicyclic) bond motifs is 1. The summed E-state index contributed by atoms with van der Waals surface area (Å²) in [5.41, 5.74) is 3.11. The van der Waals surface area contributed by atoms with E-state index in [4.69, 9.17) is 0 Å². The molecule has 2 aromatic carbocycles. The zero-order chi connectivity index (χ0) is 21.8. The Hall–Kier alpha value is -3.51. The molecular formula is C26H27N5O. The summed E-state index contributed by atoms with van der Waals surface area (Å²) in [7, 11) is 0. The molecule has 0 amide bonds. The summed E-state index contributed by atoms with van der Waals surface area (Å²) in [6.45, 7) is 3.79. The summed E-state index contributed by atoms with van der Waals surface area (Å²) in [5.74, 6) is 0. The molecule has 0 aliphatic carbocycles. The summed E-state index contributed by atoms with van der Waals surface area (Å²) >= 11 is 0. The lowest BCUT2D eigenvalue weighted by atomic mass is 10.0. The minimum absolute atomic E-state index is 0.0703. The Labute approximate surface area is 187 Å². The van der Waals surface area contributed by atoms with Crippen LogP contribution < -0.4 is 10.5 Å². The van der Waals surface area contributed by atoms with Gasteiger partial charge in [-0.15, -0.1) is 0 Å². The zero-order valence-corrected chi connectivity index (χ0v) is 18.0. The van der Waals surface area contributed by atoms with E-state index < -0.39 is 0 Å². The van der Waals surface area contributed by atoms with Gasteiger partial charge in [-0.25, -0.2) is 4.98 Å². The van der Waals surface area contributed by atoms with Gasteiger partial charge in [0.05, 0.1) is 29.1 Å². The molecular weight excluding hydrogens is 398 g/mol. The van der Waals surface area contributed by atoms with Gasteiger partial charge in [0.15, 0.2) is 0 Å². The Morgan fingerprint density at radius 1 is 0.906 bits per heavy atom. The standard InChI is InChI=1S/C26H27N5O/c32-26-24-10-4-5-11-25(24)28-20-31(26)22-12-15-29(16-13-22)17-18-30(21-7-2-1-3-8-21)23-9-6-14-27-19-23/h1-11,14,19-20,22H,12-13,15-18H2. The van der Waals surface area contributed by atoms with Crippen LogP contribution in [0.5, 0.6) is 0 Å². The van der Waals surface area contributed by atoms with Gasteiger partial charge >= 0.3 is 0 Å². The first kappa shape index (κ1) is 20.4. The van der Waals surface area contributed by atoms with Crippen LogP contribution in [-0.2, 0) is 0 Å². The van der Waals surface area contributed by atoms with E-state index in [0.717, 1.165) is 50.2 Å². The number of piperidine rings is 1. The number of para-hydroxylation sites is 2. The second kappa shape index (κ2) is 9.32. The molecule has 0 saturated carbocycles. The highest BCUT2D eigenvalue weighted by Crippen LogP contribution is 2.25. The fourth-order valence-corrected chi connectivity index (χ4v) is 4.53. The average molecular weight is 426 g/mol. The number of aromatic nitrogens is 3. The van der Waals surface area contributed by atoms with Crippen molar-refractivity contribution in [2.75, 3.05) is 31.1 Å². The maximum absolute atomic E-state index is 12.9. The highest BCUT2D eigenvalue weighted by molar-refractivity contribution is 5.76. The lowest BCUT2D eigenvalue weighted by Gasteiger charge is -2.34. The number of pyridine rings is 1. The molecule has 32 heavy (non-hydrogen) atoms. The fourth-order valence-electron chi connectivity index (χ4n) is 4.53. The number of rotatable bonds is 6. The molecule has 1 fully saturated rings. The summed E-state index contributed by atoms with van der Waals surface area (Å²) in [5, 5.41) is 0.701. The Morgan fingerprint density at radius 2 is 1.66 bits per heavy atom. The van der Waals surface area contributed by atoms with Crippen LogP contribution in [0.3, 0.4) is 0 Å². The van der Waals surface area contributed by atoms with Gasteiger partial charge in [0.2, 0.25) is 0 Å². The lowest BCUT2D eigenvalue weighted by Crippen LogP contribution is -2.40. The third kappa shape index (κ3) is 4.27. The first-order chi connectivity index (χ1) is 15.8. The molecule has 5 rings (SSSR count). The van der Waals surface area contributed by atoms with Gasteiger partial charge in [0.1, 0.15) is 0 Å². The average Bonchev–Trinajstić information content (AvgIpc) is 2.86. The van der Waals surface area contributed by atoms with Gasteiger partial charge in [-0.1, -0.05) is 30.3 Å². The Bertz CT molecular complexity index is 1180. The van der Waals surface area contributed by atoms with Gasteiger partial charge in [-0.2, -0.15) is 0 Å². The second-order valence-electron chi connectivity index (χ2n) is 8.25. The highest BCUT2D eigenvalue weighted by atomic mass is 16.1. The van der Waals surface area contributed by atoms with E-state index in [2.05, 4.69) is 50.1 Å². The molecule has 4 aromatic rings. The number of hydrogen-bond acceptors (Lipinski definition) is 5. The molecule has 2 aromatic heterocycles. The number of hydrogen-bond donors (Lipinski definition) is 0. The van der Waals surface area contributed by atoms with Crippen molar-refractivity contribution in [3.8, 4) is 0 Å². The van der Waals surface area contributed by atoms with Crippen LogP contribution in [0.15, 0.2) is 90.2 Å². The SMILES string of the molecule is O=c1c2ccccc2ncn1C1CCN(CCN(c2ccccc2)c2cccnc2)CC1. The minimum Gasteiger partial charge on any atom is -0.339 e. The quantitative estimate of drug-likeness (QED) is 0.462. The molecule has 0 N–H and O–H groups in total. The Balaban J connectivity index is 1.25. The first-order valence-electron chi connectivity index (χ1n) is 11.2. The van der Waals surface area contributed by atoms with Crippen molar-refractivity contribution in [2.45, 2.75) is 18.9 Å². The first-order valence-corrected chi connectivity index (χ1v) is 11.2. The van der Waals surface area contributed by atoms with Crippen molar-refractivity contribution in [2.24, 2.45) is 0 Å². The third-order valence-electron chi connectivity index (χ3n) is 6.31. The molecule has 6 heteroatoms. The van der Waals surface area contributed by atoms with Gasteiger partial charge in [-0.3, -0.25) is 14.3 Å². The predicted octanol–water partition coefficient (Wildman–Crippen LogP) is 4.27. The third-order valence-corrected chi connectivity index (χ3v) is 6.31. The minimum atomic E-state index is 0.0703. The van der Waals surface area contributed by atoms with Crippen molar-refractivity contribution < 1.29 is 0 Å². The maximum Gasteiger partial charge on any atom is 0.261 e. The molecule has 6 nitrogen and oxygen atoms in total. The molecule has 162 valence electrons. The van der Waals surface area contributed by atoms with E-state index in [9.17, 15) is 4.79 Å². The molecule has 0 atom stereocenters. The van der Waals surface area contributed by atoms with Gasteiger partial charge < -0.3 is 9.80 Å². The molecule has 0 spiro atoms. The molecule has 0 radical (unpaired) electrons. The van der Waals surface area contributed by atoms with Gasteiger partial charge in [0, 0.05) is 44.1 Å². The van der Waals surface area contributed by atoms with Crippen LogP contribution in [0.4, 0.5) is 11.4 Å². The topological polar surface area (TPSA) is 54.3 Å². The van der Waals surface area contributed by atoms with Crippen molar-refractivity contribution >= 4 is 22.3 Å².